The Kier molecular flexibility index (Phi) is 62.2. The molecule has 87 heavy (non-hydrogen) atoms. The van der Waals surface area contributed by atoms with Crippen molar-refractivity contribution in [2.75, 3.05) is 198 Å². The van der Waals surface area contributed by atoms with Gasteiger partial charge in [0.15, 0.2) is 0 Å². The molecular weight excluding hydrogens is 1140 g/mol. The Labute approximate surface area is 518 Å². The summed E-state index contributed by atoms with van der Waals surface area (Å²) in [6.07, 6.45) is 11.1. The number of rotatable bonds is 68. The van der Waals surface area contributed by atoms with Crippen molar-refractivity contribution < 1.29 is 80.9 Å². The predicted molar refractivity (Wildman–Crippen MR) is 330 cm³/mol. The van der Waals surface area contributed by atoms with Crippen molar-refractivity contribution in [3.05, 3.63) is 0 Å². The Balaban J connectivity index is 3.53. The molecule has 0 saturated carbocycles. The molecule has 0 rings (SSSR count). The van der Waals surface area contributed by atoms with Gasteiger partial charge >= 0.3 is 0 Å². The van der Waals surface area contributed by atoms with Gasteiger partial charge < -0.3 is 118 Å². The average molecular weight is 1260 g/mol. The zero-order valence-electron chi connectivity index (χ0n) is 52.7. The molecule has 0 bridgehead atoms. The van der Waals surface area contributed by atoms with Crippen LogP contribution < -0.4 is 66.3 Å². The van der Waals surface area contributed by atoms with E-state index in [0.717, 1.165) is 38.5 Å². The molecule has 0 aliphatic rings. The zero-order chi connectivity index (χ0) is 63.7. The number of carbonyl (C=O) groups excluding carboxylic acids is 6. The zero-order valence-corrected chi connectivity index (χ0v) is 52.7. The summed E-state index contributed by atoms with van der Waals surface area (Å²) in [5.74, 6) is -1.37. The van der Waals surface area contributed by atoms with E-state index >= 15 is 0 Å². The molecule has 0 fully saturated rings. The Morgan fingerprint density at radius 3 is 0.759 bits per heavy atom. The Morgan fingerprint density at radius 1 is 0.264 bits per heavy atom. The number of hydrogen-bond acceptors (Lipinski definition) is 23. The molecule has 18 N–H and O–H groups in total. The van der Waals surface area contributed by atoms with Gasteiger partial charge in [0.25, 0.3) is 0 Å². The van der Waals surface area contributed by atoms with Crippen LogP contribution in [-0.4, -0.2) is 257 Å². The molecule has 0 aliphatic carbocycles. The third kappa shape index (κ3) is 57.1. The van der Waals surface area contributed by atoms with Gasteiger partial charge in [-0.15, -0.1) is 0 Å². The maximum atomic E-state index is 12.8. The van der Waals surface area contributed by atoms with Crippen molar-refractivity contribution >= 4 is 35.4 Å². The lowest BCUT2D eigenvalue weighted by Crippen LogP contribution is -2.51. The van der Waals surface area contributed by atoms with E-state index in [9.17, 15) is 28.8 Å². The molecule has 0 unspecified atom stereocenters. The van der Waals surface area contributed by atoms with Gasteiger partial charge in [0.1, 0.15) is 12.1 Å². The summed E-state index contributed by atoms with van der Waals surface area (Å²) in [5.41, 5.74) is 34.3. The molecular formula is C58H118N12O17. The molecule has 0 aromatic carbocycles. The summed E-state index contributed by atoms with van der Waals surface area (Å²) in [6.45, 7) is 12.9. The monoisotopic (exact) mass is 1250 g/mol. The van der Waals surface area contributed by atoms with Gasteiger partial charge in [-0.05, 0) is 116 Å². The molecule has 6 amide bonds. The van der Waals surface area contributed by atoms with Crippen LogP contribution in [0.1, 0.15) is 116 Å². The van der Waals surface area contributed by atoms with Gasteiger partial charge in [-0.25, -0.2) is 0 Å². The van der Waals surface area contributed by atoms with Crippen LogP contribution in [0.25, 0.3) is 0 Å². The number of nitrogens with one attached hydrogen (secondary N) is 6. The summed E-state index contributed by atoms with van der Waals surface area (Å²) in [5, 5.41) is 17.0. The van der Waals surface area contributed by atoms with E-state index in [0.29, 0.717) is 262 Å². The molecule has 0 aliphatic heterocycles. The van der Waals surface area contributed by atoms with Gasteiger partial charge in [0.05, 0.1) is 131 Å². The summed E-state index contributed by atoms with van der Waals surface area (Å²) in [7, 11) is 0. The maximum absolute atomic E-state index is 12.8. The number of ether oxygens (including phenoxy) is 11. The molecule has 512 valence electrons. The van der Waals surface area contributed by atoms with Gasteiger partial charge in [-0.3, -0.25) is 28.8 Å². The molecule has 29 heteroatoms. The third-order valence-corrected chi connectivity index (χ3v) is 12.8. The van der Waals surface area contributed by atoms with E-state index in [4.69, 9.17) is 86.5 Å². The molecule has 0 saturated heterocycles. The van der Waals surface area contributed by atoms with Crippen LogP contribution in [-0.2, 0) is 80.9 Å². The van der Waals surface area contributed by atoms with Gasteiger partial charge in [0.2, 0.25) is 35.4 Å². The highest BCUT2D eigenvalue weighted by Gasteiger charge is 2.25. The van der Waals surface area contributed by atoms with Crippen molar-refractivity contribution in [2.45, 2.75) is 140 Å². The van der Waals surface area contributed by atoms with Crippen LogP contribution in [0, 0.1) is 0 Å². The van der Waals surface area contributed by atoms with E-state index in [-0.39, 0.29) is 48.3 Å². The lowest BCUT2D eigenvalue weighted by molar-refractivity contribution is -0.129. The number of carbonyl (C=O) groups is 6. The first-order valence-corrected chi connectivity index (χ1v) is 31.9. The van der Waals surface area contributed by atoms with E-state index in [2.05, 4.69) is 31.9 Å². The average Bonchev–Trinajstić information content (AvgIpc) is 3.68. The second-order valence-electron chi connectivity index (χ2n) is 20.4. The Bertz CT molecular complexity index is 1510. The van der Waals surface area contributed by atoms with Crippen molar-refractivity contribution in [3.63, 3.8) is 0 Å². The summed E-state index contributed by atoms with van der Waals surface area (Å²) in [4.78, 5) is 74.8. The number of nitrogens with two attached hydrogens (primary N) is 6. The molecule has 0 radical (unpaired) electrons. The van der Waals surface area contributed by atoms with E-state index < -0.39 is 24.2 Å². The summed E-state index contributed by atoms with van der Waals surface area (Å²) < 4.78 is 60.9. The van der Waals surface area contributed by atoms with Crippen LogP contribution >= 0.6 is 0 Å². The summed E-state index contributed by atoms with van der Waals surface area (Å²) in [6, 6.07) is -2.70. The highest BCUT2D eigenvalue weighted by atomic mass is 16.6. The fourth-order valence-corrected chi connectivity index (χ4v) is 7.75. The third-order valence-electron chi connectivity index (χ3n) is 12.8. The molecule has 0 aromatic heterocycles. The fraction of sp³-hybridized carbons (Fsp3) is 0.897. The number of hydrogen-bond donors (Lipinski definition) is 12. The number of unbranched alkanes of at least 4 members (excludes halogenated alkanes) is 4. The predicted octanol–water partition coefficient (Wildman–Crippen LogP) is -1.89. The second kappa shape index (κ2) is 65.1. The molecule has 0 aromatic rings. The largest absolute Gasteiger partial charge is 0.379 e. The quantitative estimate of drug-likeness (QED) is 0.0296. The van der Waals surface area contributed by atoms with Crippen molar-refractivity contribution in [3.8, 4) is 0 Å². The minimum atomic E-state index is -0.683. The topological polar surface area (TPSA) is 432 Å². The minimum absolute atomic E-state index is 0.0956. The highest BCUT2D eigenvalue weighted by molar-refractivity contribution is 5.90. The minimum Gasteiger partial charge on any atom is -0.379 e. The van der Waals surface area contributed by atoms with Gasteiger partial charge in [-0.2, -0.15) is 0 Å². The van der Waals surface area contributed by atoms with Crippen LogP contribution in [0.2, 0.25) is 0 Å². The Hall–Kier alpha value is -3.86. The van der Waals surface area contributed by atoms with Crippen molar-refractivity contribution in [1.29, 1.82) is 0 Å². The first-order chi connectivity index (χ1) is 42.5. The molecule has 0 spiro atoms. The normalized spacial score (nSPS) is 12.8. The molecule has 4 atom stereocenters. The second-order valence-corrected chi connectivity index (χ2v) is 20.4. The molecule has 29 nitrogen and oxygen atoms in total. The standard InChI is InChI=1S/C58H118N12O17/c59-19-5-1-13-49(63)55(73)69-51(15-3-7-21-61)57(75)67-25-11-29-79-35-41-83-39-33-77-27-9-23-65-53(71)17-31-81-37-43-85-45-47-87-48-46-86-44-38-82-32-18-54(72)66-24-10-28-78-34-40-84-42-36-80-30-12-26-68-58(76)52(16-4-8-22-62)70-56(74)50(64)14-2-6-20-60/h49-52H,1-48,59-64H2,(H,65,71)(H,66,72)(H,67,75)(H,68,76)(H,69,73)(H,70,74)/t49-,50-,51-,52-/m0/s1. The van der Waals surface area contributed by atoms with Crippen LogP contribution in [0.4, 0.5) is 0 Å². The lowest BCUT2D eigenvalue weighted by atomic mass is 10.1. The highest BCUT2D eigenvalue weighted by Crippen LogP contribution is 2.06. The first-order valence-electron chi connectivity index (χ1n) is 31.9. The Morgan fingerprint density at radius 2 is 0.494 bits per heavy atom. The SMILES string of the molecule is NCCCC[C@H](NC(=O)[C@@H](N)CCCCN)C(=O)NCCCOCCOCCOCCCNC(=O)CCOCCOCCOCCOCCOCCC(=O)NCCCOCCOCCOCCCNC(=O)[C@H](CCCCN)NC(=O)[C@@H](N)CCCCN. The van der Waals surface area contributed by atoms with E-state index in [1.165, 1.54) is 0 Å². The first kappa shape index (κ1) is 83.1. The van der Waals surface area contributed by atoms with Crippen LogP contribution in [0.5, 0.6) is 0 Å². The smallest absolute Gasteiger partial charge is 0.242 e. The van der Waals surface area contributed by atoms with Crippen molar-refractivity contribution in [2.24, 2.45) is 34.4 Å². The lowest BCUT2D eigenvalue weighted by Gasteiger charge is -2.21. The van der Waals surface area contributed by atoms with Gasteiger partial charge in [0, 0.05) is 65.4 Å². The van der Waals surface area contributed by atoms with E-state index in [1.54, 1.807) is 0 Å². The van der Waals surface area contributed by atoms with Gasteiger partial charge in [-0.1, -0.05) is 12.8 Å². The van der Waals surface area contributed by atoms with Crippen molar-refractivity contribution in [1.82, 2.24) is 31.9 Å². The van der Waals surface area contributed by atoms with Crippen LogP contribution in [0.15, 0.2) is 0 Å². The van der Waals surface area contributed by atoms with Crippen LogP contribution in [0.3, 0.4) is 0 Å². The fourth-order valence-electron chi connectivity index (χ4n) is 7.75. The van der Waals surface area contributed by atoms with E-state index in [1.807, 2.05) is 0 Å². The maximum Gasteiger partial charge on any atom is 0.242 e. The number of amides is 6. The molecule has 0 heterocycles. The summed E-state index contributed by atoms with van der Waals surface area (Å²) >= 11 is 0.